The van der Waals surface area contributed by atoms with Gasteiger partial charge in [0.15, 0.2) is 6.29 Å². The third kappa shape index (κ3) is 7.73. The number of amides is 1. The van der Waals surface area contributed by atoms with Crippen LogP contribution in [0.15, 0.2) is 0 Å². The summed E-state index contributed by atoms with van der Waals surface area (Å²) in [5.41, 5.74) is 0. The molecule has 0 saturated carbocycles. The number of ether oxygens (including phenoxy) is 2. The second kappa shape index (κ2) is 13.0. The monoisotopic (exact) mass is 309 g/mol. The standard InChI is InChI=1S/C9H17NO6.C3H8.C2H6/c1-4(12)10-6-8(14)7(13)5(3-11)16-9(6)15-2;1-3-2;1-2/h5-9,11,13-14H,3H2,1-2H3,(H,10,12);3H2,1-2H3;1-2H3/t5-,6-,7+,8-,9+;;/m1../s1. The van der Waals surface area contributed by atoms with Gasteiger partial charge in [-0.3, -0.25) is 4.79 Å². The maximum Gasteiger partial charge on any atom is 0.217 e. The van der Waals surface area contributed by atoms with Crippen molar-refractivity contribution < 1.29 is 29.6 Å². The Balaban J connectivity index is 0. The van der Waals surface area contributed by atoms with Gasteiger partial charge in [0.05, 0.1) is 6.61 Å². The predicted molar refractivity (Wildman–Crippen MR) is 79.7 cm³/mol. The first-order chi connectivity index (χ1) is 9.92. The second-order valence-corrected chi connectivity index (χ2v) is 4.38. The zero-order valence-electron chi connectivity index (χ0n) is 13.9. The molecule has 0 aromatic heterocycles. The van der Waals surface area contributed by atoms with Gasteiger partial charge in [0.1, 0.15) is 24.4 Å². The van der Waals surface area contributed by atoms with Crippen molar-refractivity contribution in [3.8, 4) is 0 Å². The number of methoxy groups -OCH3 is 1. The van der Waals surface area contributed by atoms with E-state index < -0.39 is 37.3 Å². The summed E-state index contributed by atoms with van der Waals surface area (Å²) >= 11 is 0. The zero-order valence-corrected chi connectivity index (χ0v) is 13.9. The predicted octanol–water partition coefficient (Wildman–Crippen LogP) is 0.0190. The van der Waals surface area contributed by atoms with Gasteiger partial charge in [-0.15, -0.1) is 0 Å². The van der Waals surface area contributed by atoms with Crippen molar-refractivity contribution in [1.82, 2.24) is 5.32 Å². The number of aliphatic hydroxyl groups is 3. The first-order valence-electron chi connectivity index (χ1n) is 7.35. The summed E-state index contributed by atoms with van der Waals surface area (Å²) in [6.45, 7) is 9.09. The Morgan fingerprint density at radius 1 is 1.24 bits per heavy atom. The molecule has 0 radical (unpaired) electrons. The molecule has 1 fully saturated rings. The van der Waals surface area contributed by atoms with E-state index in [1.165, 1.54) is 20.5 Å². The fourth-order valence-electron chi connectivity index (χ4n) is 1.67. The summed E-state index contributed by atoms with van der Waals surface area (Å²) in [5.74, 6) is -0.371. The largest absolute Gasteiger partial charge is 0.394 e. The molecule has 1 amide bonds. The molecular formula is C14H31NO6. The molecule has 0 aromatic rings. The number of hydrogen-bond donors (Lipinski definition) is 4. The lowest BCUT2D eigenvalue weighted by Crippen LogP contribution is -2.64. The lowest BCUT2D eigenvalue weighted by atomic mass is 9.97. The number of rotatable bonds is 3. The molecule has 0 aromatic carbocycles. The zero-order chi connectivity index (χ0) is 17.0. The van der Waals surface area contributed by atoms with Gasteiger partial charge in [0, 0.05) is 14.0 Å². The quantitative estimate of drug-likeness (QED) is 0.585. The molecule has 21 heavy (non-hydrogen) atoms. The first kappa shape index (κ1) is 22.5. The molecule has 7 nitrogen and oxygen atoms in total. The molecule has 0 aliphatic carbocycles. The molecule has 0 unspecified atom stereocenters. The normalized spacial score (nSPS) is 31.2. The van der Waals surface area contributed by atoms with Gasteiger partial charge < -0.3 is 30.1 Å². The minimum atomic E-state index is -1.27. The third-order valence-electron chi connectivity index (χ3n) is 2.48. The molecule has 4 N–H and O–H groups in total. The smallest absolute Gasteiger partial charge is 0.217 e. The second-order valence-electron chi connectivity index (χ2n) is 4.38. The minimum Gasteiger partial charge on any atom is -0.394 e. The van der Waals surface area contributed by atoms with Crippen LogP contribution in [-0.2, 0) is 14.3 Å². The van der Waals surface area contributed by atoms with Crippen molar-refractivity contribution in [2.45, 2.75) is 71.7 Å². The van der Waals surface area contributed by atoms with E-state index in [-0.39, 0.29) is 5.91 Å². The molecule has 0 bridgehead atoms. The molecular weight excluding hydrogens is 278 g/mol. The average molecular weight is 309 g/mol. The highest BCUT2D eigenvalue weighted by atomic mass is 16.7. The van der Waals surface area contributed by atoms with E-state index in [0.717, 1.165) is 0 Å². The Bertz CT molecular complexity index is 262. The summed E-state index contributed by atoms with van der Waals surface area (Å²) < 4.78 is 10.1. The number of aliphatic hydroxyl groups excluding tert-OH is 3. The van der Waals surface area contributed by atoms with E-state index in [1.54, 1.807) is 0 Å². The van der Waals surface area contributed by atoms with Crippen LogP contribution in [0.25, 0.3) is 0 Å². The van der Waals surface area contributed by atoms with Crippen molar-refractivity contribution in [2.24, 2.45) is 0 Å². The Morgan fingerprint density at radius 3 is 2.05 bits per heavy atom. The van der Waals surface area contributed by atoms with Crippen molar-refractivity contribution in [3.63, 3.8) is 0 Å². The third-order valence-corrected chi connectivity index (χ3v) is 2.48. The maximum atomic E-state index is 10.9. The van der Waals surface area contributed by atoms with E-state index in [2.05, 4.69) is 19.2 Å². The van der Waals surface area contributed by atoms with Crippen molar-refractivity contribution in [2.75, 3.05) is 13.7 Å². The van der Waals surface area contributed by atoms with Gasteiger partial charge in [-0.1, -0.05) is 34.1 Å². The molecule has 5 atom stereocenters. The summed E-state index contributed by atoms with van der Waals surface area (Å²) in [4.78, 5) is 10.9. The van der Waals surface area contributed by atoms with Crippen LogP contribution in [0.3, 0.4) is 0 Å². The Hall–Kier alpha value is -0.730. The summed E-state index contributed by atoms with van der Waals surface area (Å²) in [7, 11) is 1.35. The molecule has 1 aliphatic rings. The van der Waals surface area contributed by atoms with Gasteiger partial charge in [0.2, 0.25) is 5.91 Å². The highest BCUT2D eigenvalue weighted by Crippen LogP contribution is 2.21. The lowest BCUT2D eigenvalue weighted by Gasteiger charge is -2.41. The lowest BCUT2D eigenvalue weighted by molar-refractivity contribution is -0.262. The van der Waals surface area contributed by atoms with E-state index in [0.29, 0.717) is 0 Å². The summed E-state index contributed by atoms with van der Waals surface area (Å²) in [6, 6.07) is -0.861. The van der Waals surface area contributed by atoms with E-state index >= 15 is 0 Å². The molecule has 7 heteroatoms. The molecule has 1 heterocycles. The molecule has 0 spiro atoms. The molecule has 1 aliphatic heterocycles. The van der Waals surface area contributed by atoms with E-state index in [9.17, 15) is 15.0 Å². The molecule has 128 valence electrons. The van der Waals surface area contributed by atoms with Gasteiger partial charge >= 0.3 is 0 Å². The number of carbonyl (C=O) groups excluding carboxylic acids is 1. The fraction of sp³-hybridized carbons (Fsp3) is 0.929. The van der Waals surface area contributed by atoms with Crippen LogP contribution >= 0.6 is 0 Å². The van der Waals surface area contributed by atoms with Gasteiger partial charge in [-0.05, 0) is 0 Å². The molecule has 1 rings (SSSR count). The highest BCUT2D eigenvalue weighted by molar-refractivity contribution is 5.73. The summed E-state index contributed by atoms with van der Waals surface area (Å²) in [6.07, 6.45) is -3.10. The number of nitrogens with one attached hydrogen (secondary N) is 1. The SMILES string of the molecule is CC.CCC.CO[C@H]1O[C@H](CO)[C@H](O)[C@H](O)[C@H]1NC(C)=O. The van der Waals surface area contributed by atoms with Crippen LogP contribution in [-0.4, -0.2) is 65.6 Å². The van der Waals surface area contributed by atoms with Crippen molar-refractivity contribution >= 4 is 5.91 Å². The Morgan fingerprint density at radius 2 is 1.71 bits per heavy atom. The first-order valence-corrected chi connectivity index (χ1v) is 7.35. The fourth-order valence-corrected chi connectivity index (χ4v) is 1.67. The van der Waals surface area contributed by atoms with Crippen LogP contribution in [0.2, 0.25) is 0 Å². The van der Waals surface area contributed by atoms with Crippen LogP contribution < -0.4 is 5.32 Å². The van der Waals surface area contributed by atoms with Gasteiger partial charge in [0.25, 0.3) is 0 Å². The van der Waals surface area contributed by atoms with E-state index in [1.807, 2.05) is 13.8 Å². The Kier molecular flexibility index (Phi) is 13.9. The maximum absolute atomic E-state index is 10.9. The van der Waals surface area contributed by atoms with Crippen molar-refractivity contribution in [3.05, 3.63) is 0 Å². The number of carbonyl (C=O) groups is 1. The van der Waals surface area contributed by atoms with Crippen LogP contribution in [0, 0.1) is 0 Å². The van der Waals surface area contributed by atoms with Crippen LogP contribution in [0.4, 0.5) is 0 Å². The van der Waals surface area contributed by atoms with E-state index in [4.69, 9.17) is 14.6 Å². The van der Waals surface area contributed by atoms with Gasteiger partial charge in [-0.25, -0.2) is 0 Å². The topological polar surface area (TPSA) is 108 Å². The molecule has 1 saturated heterocycles. The van der Waals surface area contributed by atoms with Crippen LogP contribution in [0.1, 0.15) is 41.0 Å². The Labute approximate surface area is 127 Å². The summed E-state index contributed by atoms with van der Waals surface area (Å²) in [5, 5.41) is 30.7. The highest BCUT2D eigenvalue weighted by Gasteiger charge is 2.44. The minimum absolute atomic E-state index is 0.371. The number of hydrogen-bond acceptors (Lipinski definition) is 6. The van der Waals surface area contributed by atoms with Gasteiger partial charge in [-0.2, -0.15) is 0 Å². The van der Waals surface area contributed by atoms with Crippen molar-refractivity contribution in [1.29, 1.82) is 0 Å². The van der Waals surface area contributed by atoms with Crippen LogP contribution in [0.5, 0.6) is 0 Å². The average Bonchev–Trinajstić information content (AvgIpc) is 2.47.